The number of hydrogen-bond donors (Lipinski definition) is 2. The van der Waals surface area contributed by atoms with Gasteiger partial charge < -0.3 is 15.6 Å². The maximum Gasteiger partial charge on any atom is 0.321 e. The van der Waals surface area contributed by atoms with Crippen molar-refractivity contribution in [2.45, 2.75) is 12.6 Å². The number of methoxy groups -OCH3 is 1. The van der Waals surface area contributed by atoms with E-state index < -0.39 is 12.0 Å². The van der Waals surface area contributed by atoms with Crippen molar-refractivity contribution < 1.29 is 19.0 Å². The summed E-state index contributed by atoms with van der Waals surface area (Å²) >= 11 is 0. The molecule has 6 heteroatoms. The Morgan fingerprint density at radius 3 is 2.83 bits per heavy atom. The van der Waals surface area contributed by atoms with Gasteiger partial charge in [-0.3, -0.25) is 9.69 Å². The first-order valence-electron chi connectivity index (χ1n) is 5.43. The van der Waals surface area contributed by atoms with Gasteiger partial charge in [0.15, 0.2) is 0 Å². The second-order valence-corrected chi connectivity index (χ2v) is 4.10. The number of nitrogens with two attached hydrogens (primary N) is 1. The van der Waals surface area contributed by atoms with E-state index in [1.165, 1.54) is 25.3 Å². The van der Waals surface area contributed by atoms with E-state index in [9.17, 15) is 9.18 Å². The quantitative estimate of drug-likeness (QED) is 0.782. The Morgan fingerprint density at radius 1 is 1.61 bits per heavy atom. The number of aliphatic carboxylic acids is 1. The Hall–Kier alpha value is -1.66. The van der Waals surface area contributed by atoms with Gasteiger partial charge in [-0.05, 0) is 25.2 Å². The normalized spacial score (nSPS) is 12.5. The van der Waals surface area contributed by atoms with E-state index in [1.807, 2.05) is 0 Å². The molecule has 0 aliphatic rings. The summed E-state index contributed by atoms with van der Waals surface area (Å²) in [6.07, 6.45) is 0. The molecule has 5 nitrogen and oxygen atoms in total. The number of nitrogens with zero attached hydrogens (tertiary/aromatic N) is 1. The predicted molar refractivity (Wildman–Crippen MR) is 64.9 cm³/mol. The topological polar surface area (TPSA) is 75.8 Å². The van der Waals surface area contributed by atoms with Crippen LogP contribution in [0.2, 0.25) is 0 Å². The van der Waals surface area contributed by atoms with Crippen molar-refractivity contribution in [2.24, 2.45) is 5.73 Å². The second-order valence-electron chi connectivity index (χ2n) is 4.10. The number of rotatable bonds is 6. The van der Waals surface area contributed by atoms with Gasteiger partial charge in [-0.1, -0.05) is 0 Å². The lowest BCUT2D eigenvalue weighted by Crippen LogP contribution is -2.40. The highest BCUT2D eigenvalue weighted by Gasteiger charge is 2.15. The summed E-state index contributed by atoms with van der Waals surface area (Å²) < 4.78 is 18.2. The van der Waals surface area contributed by atoms with E-state index >= 15 is 0 Å². The van der Waals surface area contributed by atoms with Gasteiger partial charge in [-0.25, -0.2) is 4.39 Å². The lowest BCUT2D eigenvalue weighted by atomic mass is 10.1. The van der Waals surface area contributed by atoms with Crippen LogP contribution in [0.5, 0.6) is 5.75 Å². The molecule has 0 aliphatic heterocycles. The van der Waals surface area contributed by atoms with Crippen LogP contribution >= 0.6 is 0 Å². The van der Waals surface area contributed by atoms with Crippen LogP contribution in [-0.4, -0.2) is 42.7 Å². The largest absolute Gasteiger partial charge is 0.496 e. The molecular formula is C12H17FN2O3. The van der Waals surface area contributed by atoms with Crippen LogP contribution in [0, 0.1) is 5.82 Å². The number of carbonyl (C=O) groups is 1. The van der Waals surface area contributed by atoms with E-state index in [0.29, 0.717) is 17.9 Å². The van der Waals surface area contributed by atoms with Crippen molar-refractivity contribution in [2.75, 3.05) is 20.7 Å². The fourth-order valence-corrected chi connectivity index (χ4v) is 1.64. The van der Waals surface area contributed by atoms with Gasteiger partial charge in [0, 0.05) is 18.7 Å². The number of likely N-dealkylation sites (N-methyl/N-ethyl adjacent to an activating group) is 1. The molecule has 1 rings (SSSR count). The summed E-state index contributed by atoms with van der Waals surface area (Å²) in [5.74, 6) is -0.859. The fourth-order valence-electron chi connectivity index (χ4n) is 1.64. The highest BCUT2D eigenvalue weighted by atomic mass is 19.1. The molecular weight excluding hydrogens is 239 g/mol. The molecule has 0 bridgehead atoms. The molecule has 1 aromatic rings. The summed E-state index contributed by atoms with van der Waals surface area (Å²) in [5, 5.41) is 8.71. The number of benzene rings is 1. The number of carboxylic acids is 1. The maximum absolute atomic E-state index is 13.1. The zero-order valence-corrected chi connectivity index (χ0v) is 10.4. The van der Waals surface area contributed by atoms with E-state index in [2.05, 4.69) is 0 Å². The molecule has 0 spiro atoms. The number of carboxylic acid groups (broad SMARTS) is 1. The Balaban J connectivity index is 2.71. The van der Waals surface area contributed by atoms with E-state index in [-0.39, 0.29) is 12.4 Å². The number of ether oxygens (including phenoxy) is 1. The fraction of sp³-hybridized carbons (Fsp3) is 0.417. The molecule has 0 saturated carbocycles. The highest BCUT2D eigenvalue weighted by molar-refractivity contribution is 5.73. The lowest BCUT2D eigenvalue weighted by molar-refractivity contribution is -0.138. The highest BCUT2D eigenvalue weighted by Crippen LogP contribution is 2.20. The molecule has 0 fully saturated rings. The third-order valence-corrected chi connectivity index (χ3v) is 2.51. The van der Waals surface area contributed by atoms with Gasteiger partial charge in [0.25, 0.3) is 0 Å². The van der Waals surface area contributed by atoms with Crippen molar-refractivity contribution in [3.05, 3.63) is 29.6 Å². The second kappa shape index (κ2) is 6.32. The molecule has 0 aliphatic carbocycles. The van der Waals surface area contributed by atoms with Gasteiger partial charge in [0.1, 0.15) is 17.6 Å². The van der Waals surface area contributed by atoms with E-state index in [4.69, 9.17) is 15.6 Å². The van der Waals surface area contributed by atoms with Crippen molar-refractivity contribution in [3.63, 3.8) is 0 Å². The van der Waals surface area contributed by atoms with Gasteiger partial charge in [0.05, 0.1) is 7.11 Å². The molecule has 0 saturated heterocycles. The Labute approximate surface area is 105 Å². The summed E-state index contributed by atoms with van der Waals surface area (Å²) in [7, 11) is 3.22. The van der Waals surface area contributed by atoms with Gasteiger partial charge >= 0.3 is 5.97 Å². The summed E-state index contributed by atoms with van der Waals surface area (Å²) in [6.45, 7) is 0.539. The van der Waals surface area contributed by atoms with Crippen LogP contribution < -0.4 is 10.5 Å². The molecule has 0 aromatic heterocycles. The third kappa shape index (κ3) is 3.97. The first-order valence-corrected chi connectivity index (χ1v) is 5.43. The molecule has 1 atom stereocenters. The minimum atomic E-state index is -1.06. The molecule has 18 heavy (non-hydrogen) atoms. The van der Waals surface area contributed by atoms with Crippen LogP contribution in [0.15, 0.2) is 18.2 Å². The maximum atomic E-state index is 13.1. The van der Waals surface area contributed by atoms with Gasteiger partial charge in [-0.15, -0.1) is 0 Å². The summed E-state index contributed by atoms with van der Waals surface area (Å²) in [6, 6.07) is 3.25. The van der Waals surface area contributed by atoms with Gasteiger partial charge in [-0.2, -0.15) is 0 Å². The Bertz CT molecular complexity index is 426. The molecule has 0 radical (unpaired) electrons. The zero-order chi connectivity index (χ0) is 13.7. The Kier molecular flexibility index (Phi) is 5.06. The van der Waals surface area contributed by atoms with E-state index in [1.54, 1.807) is 11.9 Å². The summed E-state index contributed by atoms with van der Waals surface area (Å²) in [5.41, 5.74) is 6.08. The lowest BCUT2D eigenvalue weighted by Gasteiger charge is -2.20. The average molecular weight is 256 g/mol. The average Bonchev–Trinajstić information content (AvgIpc) is 2.28. The summed E-state index contributed by atoms with van der Waals surface area (Å²) in [4.78, 5) is 12.3. The molecule has 0 amide bonds. The smallest absolute Gasteiger partial charge is 0.321 e. The molecule has 1 aromatic carbocycles. The van der Waals surface area contributed by atoms with Crippen molar-refractivity contribution >= 4 is 5.97 Å². The first kappa shape index (κ1) is 14.4. The Morgan fingerprint density at radius 2 is 2.28 bits per heavy atom. The molecule has 3 N–H and O–H groups in total. The standard InChI is InChI=1S/C12H17FN2O3/c1-15(7-10(14)12(16)17)6-8-5-9(13)3-4-11(8)18-2/h3-5,10H,6-7,14H2,1-2H3,(H,16,17). The molecule has 100 valence electrons. The predicted octanol–water partition coefficient (Wildman–Crippen LogP) is 0.678. The van der Waals surface area contributed by atoms with Gasteiger partial charge in [0.2, 0.25) is 0 Å². The number of halogens is 1. The van der Waals surface area contributed by atoms with Crippen molar-refractivity contribution in [1.82, 2.24) is 4.90 Å². The van der Waals surface area contributed by atoms with Crippen molar-refractivity contribution in [3.8, 4) is 5.75 Å². The molecule has 1 unspecified atom stereocenters. The third-order valence-electron chi connectivity index (χ3n) is 2.51. The van der Waals surface area contributed by atoms with Crippen LogP contribution in [-0.2, 0) is 11.3 Å². The molecule has 0 heterocycles. The minimum Gasteiger partial charge on any atom is -0.496 e. The monoisotopic (exact) mass is 256 g/mol. The zero-order valence-electron chi connectivity index (χ0n) is 10.4. The van der Waals surface area contributed by atoms with Crippen LogP contribution in [0.25, 0.3) is 0 Å². The minimum absolute atomic E-state index is 0.176. The van der Waals surface area contributed by atoms with Crippen LogP contribution in [0.3, 0.4) is 0 Å². The van der Waals surface area contributed by atoms with Crippen molar-refractivity contribution in [1.29, 1.82) is 0 Å². The first-order chi connectivity index (χ1) is 8.43. The van der Waals surface area contributed by atoms with Crippen LogP contribution in [0.1, 0.15) is 5.56 Å². The van der Waals surface area contributed by atoms with E-state index in [0.717, 1.165) is 0 Å². The van der Waals surface area contributed by atoms with Crippen LogP contribution in [0.4, 0.5) is 4.39 Å². The number of hydrogen-bond acceptors (Lipinski definition) is 4. The SMILES string of the molecule is COc1ccc(F)cc1CN(C)CC(N)C(=O)O.